The highest BCUT2D eigenvalue weighted by molar-refractivity contribution is 6.07. The Morgan fingerprint density at radius 3 is 2.15 bits per heavy atom. The lowest BCUT2D eigenvalue weighted by molar-refractivity contribution is -0.598. The molecule has 6 nitrogen and oxygen atoms in total. The third kappa shape index (κ3) is 5.77. The first-order valence-corrected chi connectivity index (χ1v) is 18.2. The number of rotatable bonds is 8. The SMILES string of the molecule is CC(C)c1cc(-c2ccccc2)cc(C(C)C)c1-n1c(-c2cccc(Oc3cc(-[n+]4[c-]n(C)cc4)c4oc5ccccc5c4c3)c2)nc2ccccc21. The van der Waals surface area contributed by atoms with Gasteiger partial charge in [-0.1, -0.05) is 100 Å². The van der Waals surface area contributed by atoms with Crippen LogP contribution in [0.15, 0.2) is 144 Å². The number of fused-ring (bicyclic) bond motifs is 4. The molecule has 3 heterocycles. The summed E-state index contributed by atoms with van der Waals surface area (Å²) in [5.41, 5.74) is 11.7. The van der Waals surface area contributed by atoms with Crippen LogP contribution in [0, 0.1) is 6.33 Å². The monoisotopic (exact) mass is 692 g/mol. The molecule has 0 saturated carbocycles. The summed E-state index contributed by atoms with van der Waals surface area (Å²) in [6, 6.07) is 44.3. The fourth-order valence-corrected chi connectivity index (χ4v) is 7.46. The van der Waals surface area contributed by atoms with Crippen LogP contribution in [0.2, 0.25) is 0 Å². The molecular weight excluding hydrogens is 653 g/mol. The van der Waals surface area contributed by atoms with E-state index in [1.54, 1.807) is 0 Å². The standard InChI is InChI=1S/C47H40N4O2/c1-30(2)38-25-34(32-14-7-6-8-15-32)26-39(31(3)4)45(38)51-42-20-11-10-19-41(42)48-47(51)33-16-13-17-35(24-33)52-36-27-40-37-18-9-12-21-44(37)53-46(40)43(28-36)50-23-22-49(5)29-50/h6-28,30-31H,1-5H3. The number of nitrogens with zero attached hydrogens (tertiary/aromatic N) is 4. The predicted molar refractivity (Wildman–Crippen MR) is 213 cm³/mol. The van der Waals surface area contributed by atoms with Crippen molar-refractivity contribution < 1.29 is 13.7 Å². The highest BCUT2D eigenvalue weighted by atomic mass is 16.5. The minimum atomic E-state index is 0.276. The Labute approximate surface area is 309 Å². The normalized spacial score (nSPS) is 11.8. The van der Waals surface area contributed by atoms with E-state index < -0.39 is 0 Å². The molecule has 0 aliphatic carbocycles. The molecule has 3 aromatic heterocycles. The quantitative estimate of drug-likeness (QED) is 0.118. The number of ether oxygens (including phenoxy) is 1. The average molecular weight is 693 g/mol. The van der Waals surface area contributed by atoms with Gasteiger partial charge in [0.05, 0.1) is 29.5 Å². The number of hydrogen-bond donors (Lipinski definition) is 0. The van der Waals surface area contributed by atoms with E-state index >= 15 is 0 Å². The number of para-hydroxylation sites is 3. The average Bonchev–Trinajstić information content (AvgIpc) is 3.89. The third-order valence-corrected chi connectivity index (χ3v) is 10.0. The van der Waals surface area contributed by atoms with Crippen LogP contribution in [0.25, 0.3) is 66.9 Å². The van der Waals surface area contributed by atoms with Gasteiger partial charge in [0.2, 0.25) is 6.33 Å². The van der Waals surface area contributed by atoms with Gasteiger partial charge in [-0.2, -0.15) is 0 Å². The lowest BCUT2D eigenvalue weighted by atomic mass is 9.88. The van der Waals surface area contributed by atoms with Crippen molar-refractivity contribution in [1.82, 2.24) is 14.1 Å². The first-order valence-electron chi connectivity index (χ1n) is 18.2. The maximum atomic E-state index is 6.73. The van der Waals surface area contributed by atoms with E-state index in [1.165, 1.54) is 27.9 Å². The molecule has 0 N–H and O–H groups in total. The van der Waals surface area contributed by atoms with Crippen LogP contribution in [-0.4, -0.2) is 14.1 Å². The van der Waals surface area contributed by atoms with Gasteiger partial charge >= 0.3 is 0 Å². The van der Waals surface area contributed by atoms with Gasteiger partial charge in [-0.25, -0.2) is 4.98 Å². The molecule has 0 amide bonds. The summed E-state index contributed by atoms with van der Waals surface area (Å²) in [7, 11) is 1.96. The fraction of sp³-hybridized carbons (Fsp3) is 0.149. The summed E-state index contributed by atoms with van der Waals surface area (Å²) in [4.78, 5) is 5.30. The number of benzene rings is 6. The maximum absolute atomic E-state index is 6.73. The second kappa shape index (κ2) is 13.0. The Balaban J connectivity index is 1.20. The summed E-state index contributed by atoms with van der Waals surface area (Å²) in [6.07, 6.45) is 7.26. The van der Waals surface area contributed by atoms with E-state index in [1.807, 2.05) is 65.0 Å². The largest absolute Gasteiger partial charge is 0.462 e. The zero-order valence-corrected chi connectivity index (χ0v) is 30.5. The van der Waals surface area contributed by atoms with Gasteiger partial charge in [-0.05, 0) is 88.7 Å². The molecule has 0 aliphatic heterocycles. The summed E-state index contributed by atoms with van der Waals surface area (Å²) in [5.74, 6) is 2.85. The van der Waals surface area contributed by atoms with Crippen LogP contribution in [0.3, 0.4) is 0 Å². The van der Waals surface area contributed by atoms with Crippen LogP contribution < -0.4 is 9.30 Å². The molecule has 6 aromatic carbocycles. The minimum absolute atomic E-state index is 0.276. The van der Waals surface area contributed by atoms with Gasteiger partial charge in [0.1, 0.15) is 28.5 Å². The highest BCUT2D eigenvalue weighted by Crippen LogP contribution is 2.41. The number of aryl methyl sites for hydroxylation is 1. The van der Waals surface area contributed by atoms with Gasteiger partial charge in [0.15, 0.2) is 0 Å². The van der Waals surface area contributed by atoms with E-state index in [0.717, 1.165) is 50.0 Å². The maximum Gasteiger partial charge on any atom is 0.243 e. The molecule has 0 aliphatic rings. The predicted octanol–water partition coefficient (Wildman–Crippen LogP) is 11.7. The molecule has 9 aromatic rings. The smallest absolute Gasteiger partial charge is 0.243 e. The van der Waals surface area contributed by atoms with E-state index in [-0.39, 0.29) is 11.8 Å². The first-order chi connectivity index (χ1) is 25.8. The second-order valence-electron chi connectivity index (χ2n) is 14.4. The zero-order valence-electron chi connectivity index (χ0n) is 30.5. The van der Waals surface area contributed by atoms with Gasteiger partial charge < -0.3 is 18.3 Å². The van der Waals surface area contributed by atoms with Crippen molar-refractivity contribution in [3.8, 4) is 45.4 Å². The van der Waals surface area contributed by atoms with Crippen LogP contribution in [-0.2, 0) is 7.05 Å². The first kappa shape index (κ1) is 32.5. The highest BCUT2D eigenvalue weighted by Gasteiger charge is 2.24. The van der Waals surface area contributed by atoms with Crippen molar-refractivity contribution in [3.05, 3.63) is 157 Å². The molecular formula is C47H40N4O2. The molecule has 0 radical (unpaired) electrons. The molecule has 6 heteroatoms. The van der Waals surface area contributed by atoms with Gasteiger partial charge in [0.25, 0.3) is 0 Å². The number of furan rings is 1. The Bertz CT molecular complexity index is 2750. The molecule has 0 fully saturated rings. The summed E-state index contributed by atoms with van der Waals surface area (Å²) in [6.45, 7) is 9.13. The van der Waals surface area contributed by atoms with Crippen LogP contribution in [0.4, 0.5) is 0 Å². The van der Waals surface area contributed by atoms with Crippen molar-refractivity contribution >= 4 is 33.0 Å². The Kier molecular flexibility index (Phi) is 7.96. The topological polar surface area (TPSA) is 49.0 Å². The lowest BCUT2D eigenvalue weighted by Gasteiger charge is -2.24. The third-order valence-electron chi connectivity index (χ3n) is 10.0. The van der Waals surface area contributed by atoms with E-state index in [9.17, 15) is 0 Å². The van der Waals surface area contributed by atoms with Crippen molar-refractivity contribution in [3.63, 3.8) is 0 Å². The molecule has 0 unspecified atom stereocenters. The van der Waals surface area contributed by atoms with Crippen molar-refractivity contribution in [2.75, 3.05) is 0 Å². The summed E-state index contributed by atoms with van der Waals surface area (Å²) < 4.78 is 19.3. The Morgan fingerprint density at radius 1 is 0.679 bits per heavy atom. The number of imidazole rings is 2. The fourth-order valence-electron chi connectivity index (χ4n) is 7.46. The van der Waals surface area contributed by atoms with Crippen molar-refractivity contribution in [2.24, 2.45) is 7.05 Å². The summed E-state index contributed by atoms with van der Waals surface area (Å²) >= 11 is 0. The molecule has 0 spiro atoms. The van der Waals surface area contributed by atoms with Crippen molar-refractivity contribution in [2.45, 2.75) is 39.5 Å². The molecule has 0 bridgehead atoms. The lowest BCUT2D eigenvalue weighted by Crippen LogP contribution is -2.28. The van der Waals surface area contributed by atoms with E-state index in [2.05, 4.69) is 130 Å². The second-order valence-corrected chi connectivity index (χ2v) is 14.4. The van der Waals surface area contributed by atoms with Crippen LogP contribution in [0.1, 0.15) is 50.7 Å². The molecule has 260 valence electrons. The Morgan fingerprint density at radius 2 is 1.40 bits per heavy atom. The molecule has 9 rings (SSSR count). The minimum Gasteiger partial charge on any atom is -0.462 e. The Hall–Kier alpha value is -6.40. The number of aromatic nitrogens is 4. The van der Waals surface area contributed by atoms with Gasteiger partial charge in [0, 0.05) is 28.7 Å². The van der Waals surface area contributed by atoms with Crippen molar-refractivity contribution in [1.29, 1.82) is 0 Å². The molecule has 0 atom stereocenters. The van der Waals surface area contributed by atoms with Gasteiger partial charge in [-0.3, -0.25) is 4.57 Å². The summed E-state index contributed by atoms with van der Waals surface area (Å²) in [5, 5.41) is 2.02. The van der Waals surface area contributed by atoms with E-state index in [4.69, 9.17) is 14.1 Å². The number of hydrogen-bond acceptors (Lipinski definition) is 3. The zero-order chi connectivity index (χ0) is 36.2. The van der Waals surface area contributed by atoms with Crippen LogP contribution >= 0.6 is 0 Å². The molecule has 0 saturated heterocycles. The molecule has 53 heavy (non-hydrogen) atoms. The van der Waals surface area contributed by atoms with Crippen LogP contribution in [0.5, 0.6) is 11.5 Å². The van der Waals surface area contributed by atoms with E-state index in [0.29, 0.717) is 11.5 Å². The van der Waals surface area contributed by atoms with Gasteiger partial charge in [-0.15, -0.1) is 0 Å².